The number of aliphatic hydroxyl groups is 1. The molecule has 0 saturated carbocycles. The van der Waals surface area contributed by atoms with Crippen molar-refractivity contribution in [3.05, 3.63) is 65.4 Å². The summed E-state index contributed by atoms with van der Waals surface area (Å²) in [4.78, 5) is 18.6. The van der Waals surface area contributed by atoms with Crippen molar-refractivity contribution in [2.24, 2.45) is 10.8 Å². The average molecular weight is 706 g/mol. The molecule has 34 heavy (non-hydrogen) atoms. The minimum absolute atomic E-state index is 0. The van der Waals surface area contributed by atoms with Gasteiger partial charge in [0.25, 0.3) is 0 Å². The third-order valence-electron chi connectivity index (χ3n) is 6.81. The summed E-state index contributed by atoms with van der Waals surface area (Å²) in [6.45, 7) is 12.1. The van der Waals surface area contributed by atoms with Crippen LogP contribution < -0.4 is 4.74 Å². The molecule has 0 amide bonds. The number of pyridine rings is 1. The van der Waals surface area contributed by atoms with Crippen molar-refractivity contribution < 1.29 is 34.7 Å². The number of ketones is 1. The van der Waals surface area contributed by atoms with Crippen LogP contribution in [0.4, 0.5) is 0 Å². The molecule has 0 aliphatic carbocycles. The van der Waals surface area contributed by atoms with E-state index in [4.69, 9.17) is 4.74 Å². The first-order valence-electron chi connectivity index (χ1n) is 11.6. The number of ether oxygens (including phenoxy) is 1. The third kappa shape index (κ3) is 7.92. The molecule has 3 aromatic rings. The second kappa shape index (κ2) is 14.0. The molecule has 187 valence electrons. The number of aliphatic hydroxyl groups excluding tert-OH is 1. The second-order valence-corrected chi connectivity index (χ2v) is 10.7. The van der Waals surface area contributed by atoms with E-state index in [1.54, 1.807) is 0 Å². The molecule has 0 spiro atoms. The summed E-state index contributed by atoms with van der Waals surface area (Å²) in [6.07, 6.45) is 6.61. The van der Waals surface area contributed by atoms with Crippen LogP contribution in [0.3, 0.4) is 0 Å². The number of hydrogen-bond acceptors (Lipinski definition) is 4. The summed E-state index contributed by atoms with van der Waals surface area (Å²) < 4.78 is 6.95. The number of rotatable bonds is 9. The summed E-state index contributed by atoms with van der Waals surface area (Å²) in [5, 5.41) is 11.3. The molecule has 1 radical (unpaired) electrons. The Morgan fingerprint density at radius 3 is 2.29 bits per heavy atom. The van der Waals surface area contributed by atoms with Crippen LogP contribution in [0, 0.1) is 16.9 Å². The fourth-order valence-corrected chi connectivity index (χ4v) is 4.78. The van der Waals surface area contributed by atoms with Crippen molar-refractivity contribution in [3.63, 3.8) is 0 Å². The van der Waals surface area contributed by atoms with E-state index in [1.807, 2.05) is 78.1 Å². The van der Waals surface area contributed by atoms with Gasteiger partial charge in [-0.1, -0.05) is 41.5 Å². The number of para-hydroxylation sites is 1. The molecule has 6 heteroatoms. The fourth-order valence-electron chi connectivity index (χ4n) is 3.13. The molecule has 0 saturated heterocycles. The molecule has 0 fully saturated rings. The molecule has 2 aromatic heterocycles. The van der Waals surface area contributed by atoms with Crippen molar-refractivity contribution in [2.75, 3.05) is 0 Å². The van der Waals surface area contributed by atoms with Crippen LogP contribution in [0.5, 0.6) is 11.6 Å². The molecule has 1 N–H and O–H groups in total. The Morgan fingerprint density at radius 1 is 1.09 bits per heavy atom. The van der Waals surface area contributed by atoms with Gasteiger partial charge in [0.15, 0.2) is 5.78 Å². The molecule has 0 aliphatic heterocycles. The summed E-state index contributed by atoms with van der Waals surface area (Å²) in [5.41, 5.74) is -0.603. The monoisotopic (exact) mass is 707 g/mol. The van der Waals surface area contributed by atoms with Gasteiger partial charge >= 0.3 is 99.1 Å². The number of nitrogens with zero attached hydrogens (tertiary/aromatic N) is 1. The summed E-state index contributed by atoms with van der Waals surface area (Å²) >= 11 is 0.427. The van der Waals surface area contributed by atoms with Gasteiger partial charge in [-0.25, -0.2) is 0 Å². The Bertz CT molecular complexity index is 1050. The third-order valence-corrected chi connectivity index (χ3v) is 8.66. The Labute approximate surface area is 223 Å². The number of carbonyl (C=O) groups is 1. The average Bonchev–Trinajstić information content (AvgIpc) is 3.32. The maximum atomic E-state index is 12.2. The van der Waals surface area contributed by atoms with E-state index in [0.717, 1.165) is 25.7 Å². The van der Waals surface area contributed by atoms with Crippen molar-refractivity contribution in [1.29, 1.82) is 0 Å². The number of benzene rings is 1. The predicted octanol–water partition coefficient (Wildman–Crippen LogP) is 7.53. The van der Waals surface area contributed by atoms with Gasteiger partial charge in [-0.15, -0.1) is 0 Å². The van der Waals surface area contributed by atoms with E-state index in [1.165, 1.54) is 15.7 Å². The summed E-state index contributed by atoms with van der Waals surface area (Å²) in [7, 11) is 0. The number of fused-ring (bicyclic) bond motifs is 1. The molecule has 0 bridgehead atoms. The second-order valence-electron chi connectivity index (χ2n) is 8.74. The van der Waals surface area contributed by atoms with Gasteiger partial charge in [-0.3, -0.25) is 4.79 Å². The molecular weight excluding hydrogens is 669 g/mol. The molecule has 2 heterocycles. The molecule has 3 rings (SSSR count). The first-order chi connectivity index (χ1) is 15.7. The Kier molecular flexibility index (Phi) is 12.5. The first-order valence-corrected chi connectivity index (χ1v) is 13.5. The molecule has 0 atom stereocenters. The van der Waals surface area contributed by atoms with Gasteiger partial charge in [-0.05, 0) is 25.7 Å². The SMILES string of the molecule is CCC(C)(CC)C(=O)/C=C(\O)C(C)(CC)CC.[Ir].[c-]1ccccc1Oc1cc2[se]ccc2cn1. The zero-order valence-corrected chi connectivity index (χ0v) is 25.1. The molecule has 4 nitrogen and oxygen atoms in total. The van der Waals surface area contributed by atoms with Gasteiger partial charge in [0, 0.05) is 37.0 Å². The number of carbonyl (C=O) groups excluding carboxylic acids is 1. The van der Waals surface area contributed by atoms with Crippen molar-refractivity contribution in [3.8, 4) is 11.6 Å². The quantitative estimate of drug-likeness (QED) is 0.108. The fraction of sp³-hybridized carbons (Fsp3) is 0.429. The van der Waals surface area contributed by atoms with Crippen molar-refractivity contribution in [2.45, 2.75) is 67.2 Å². The van der Waals surface area contributed by atoms with E-state index >= 15 is 0 Å². The first kappa shape index (κ1) is 30.3. The van der Waals surface area contributed by atoms with Crippen molar-refractivity contribution >= 4 is 29.9 Å². The van der Waals surface area contributed by atoms with Gasteiger partial charge in [-0.2, -0.15) is 0 Å². The van der Waals surface area contributed by atoms with Gasteiger partial charge < -0.3 is 5.11 Å². The zero-order valence-electron chi connectivity index (χ0n) is 21.0. The zero-order chi connectivity index (χ0) is 24.5. The van der Waals surface area contributed by atoms with Gasteiger partial charge in [0.2, 0.25) is 0 Å². The summed E-state index contributed by atoms with van der Waals surface area (Å²) in [6, 6.07) is 14.7. The minimum atomic E-state index is -0.337. The van der Waals surface area contributed by atoms with Crippen LogP contribution in [0.1, 0.15) is 67.2 Å². The predicted molar refractivity (Wildman–Crippen MR) is 137 cm³/mol. The van der Waals surface area contributed by atoms with E-state index < -0.39 is 0 Å². The normalized spacial score (nSPS) is 11.9. The molecule has 0 aliphatic rings. The van der Waals surface area contributed by atoms with Crippen LogP contribution in [-0.2, 0) is 24.9 Å². The van der Waals surface area contributed by atoms with Crippen LogP contribution >= 0.6 is 0 Å². The summed E-state index contributed by atoms with van der Waals surface area (Å²) in [5.74, 6) is 1.63. The topological polar surface area (TPSA) is 59.4 Å². The van der Waals surface area contributed by atoms with Gasteiger partial charge in [0.05, 0.1) is 0 Å². The van der Waals surface area contributed by atoms with Crippen LogP contribution in [0.2, 0.25) is 0 Å². The number of allylic oxidation sites excluding steroid dienone is 2. The number of hydrogen-bond donors (Lipinski definition) is 1. The molecule has 0 unspecified atom stereocenters. The number of aromatic nitrogens is 1. The van der Waals surface area contributed by atoms with Crippen LogP contribution in [0.15, 0.2) is 59.4 Å². The maximum absolute atomic E-state index is 12.2. The Hall–Kier alpha value is -1.71. The van der Waals surface area contributed by atoms with Gasteiger partial charge in [0.1, 0.15) is 5.76 Å². The Morgan fingerprint density at radius 2 is 1.74 bits per heavy atom. The molecular formula is C28H36IrNO3Se-. The van der Waals surface area contributed by atoms with E-state index in [2.05, 4.69) is 22.1 Å². The van der Waals surface area contributed by atoms with Crippen LogP contribution in [0.25, 0.3) is 9.65 Å². The standard InChI is InChI=1S/C15H28O2.C13H8NOSe.Ir/c1-7-14(5,8-2)12(16)11-13(17)15(6,9-3)10-4;1-2-4-11(5-3-1)15-13-8-12-10(9-14-13)6-7-16-12;/h11,16H,7-10H2,1-6H3;1-4,6-9H;/q;-1;/b12-11-;;. The van der Waals surface area contributed by atoms with E-state index in [9.17, 15) is 9.90 Å². The van der Waals surface area contributed by atoms with Crippen molar-refractivity contribution in [1.82, 2.24) is 4.98 Å². The van der Waals surface area contributed by atoms with E-state index in [0.29, 0.717) is 26.1 Å². The van der Waals surface area contributed by atoms with E-state index in [-0.39, 0.29) is 42.5 Å². The Balaban J connectivity index is 0.000000330. The molecule has 1 aromatic carbocycles. The van der Waals surface area contributed by atoms with Crippen LogP contribution in [-0.4, -0.2) is 30.4 Å².